The molecule has 6 nitrogen and oxygen atoms in total. The summed E-state index contributed by atoms with van der Waals surface area (Å²) in [6.07, 6.45) is 1.23. The Balaban J connectivity index is 1.46. The third-order valence-corrected chi connectivity index (χ3v) is 6.40. The Kier molecular flexibility index (Phi) is 4.65. The quantitative estimate of drug-likeness (QED) is 0.723. The number of fused-ring (bicyclic) bond motifs is 1. The van der Waals surface area contributed by atoms with Gasteiger partial charge in [-0.3, -0.25) is 9.59 Å². The van der Waals surface area contributed by atoms with Gasteiger partial charge in [-0.2, -0.15) is 0 Å². The van der Waals surface area contributed by atoms with Gasteiger partial charge in [-0.1, -0.05) is 0 Å². The largest absolute Gasteiger partial charge is 0.381 e. The van der Waals surface area contributed by atoms with E-state index in [-0.39, 0.29) is 38.5 Å². The minimum atomic E-state index is -2.80. The summed E-state index contributed by atoms with van der Waals surface area (Å²) >= 11 is 0. The van der Waals surface area contributed by atoms with Crippen LogP contribution in [-0.4, -0.2) is 91.2 Å². The predicted octanol–water partition coefficient (Wildman–Crippen LogP) is 1.03. The van der Waals surface area contributed by atoms with Gasteiger partial charge in [0.2, 0.25) is 5.67 Å². The van der Waals surface area contributed by atoms with Gasteiger partial charge in [-0.05, 0) is 18.8 Å². The third-order valence-electron chi connectivity index (χ3n) is 6.40. The zero-order valence-electron chi connectivity index (χ0n) is 15.2. The van der Waals surface area contributed by atoms with Crippen molar-refractivity contribution >= 4 is 11.8 Å². The molecule has 0 N–H and O–H groups in total. The molecule has 4 aliphatic heterocycles. The van der Waals surface area contributed by atoms with Crippen LogP contribution in [0.4, 0.5) is 13.2 Å². The molecule has 4 fully saturated rings. The summed E-state index contributed by atoms with van der Waals surface area (Å²) < 4.78 is 56.1. The summed E-state index contributed by atoms with van der Waals surface area (Å²) in [6.45, 7) is -0.0743. The summed E-state index contributed by atoms with van der Waals surface area (Å²) in [5.74, 6) is -1.70. The Morgan fingerprint density at radius 1 is 1.00 bits per heavy atom. The molecule has 4 aliphatic rings. The Morgan fingerprint density at radius 2 is 1.63 bits per heavy atom. The average Bonchev–Trinajstić information content (AvgIpc) is 3.02. The van der Waals surface area contributed by atoms with Crippen LogP contribution in [-0.2, 0) is 19.1 Å². The summed E-state index contributed by atoms with van der Waals surface area (Å²) in [6, 6.07) is 0. The number of amides is 2. The fraction of sp³-hybridized carbons (Fsp3) is 0.889. The maximum atomic E-state index is 15.5. The van der Waals surface area contributed by atoms with E-state index in [1.165, 1.54) is 4.90 Å². The third kappa shape index (κ3) is 3.03. The monoisotopic (exact) mass is 390 g/mol. The van der Waals surface area contributed by atoms with Crippen LogP contribution >= 0.6 is 0 Å². The van der Waals surface area contributed by atoms with E-state index < -0.39 is 48.5 Å². The van der Waals surface area contributed by atoms with Gasteiger partial charge < -0.3 is 19.3 Å². The van der Waals surface area contributed by atoms with Crippen molar-refractivity contribution < 1.29 is 32.2 Å². The number of rotatable bonds is 3. The van der Waals surface area contributed by atoms with Gasteiger partial charge in [0.05, 0.1) is 32.8 Å². The van der Waals surface area contributed by atoms with Gasteiger partial charge in [0, 0.05) is 32.6 Å². The Hall–Kier alpha value is -1.35. The van der Waals surface area contributed by atoms with Gasteiger partial charge in [-0.25, -0.2) is 13.2 Å². The molecule has 4 saturated heterocycles. The molecular weight excluding hydrogens is 365 g/mol. The van der Waals surface area contributed by atoms with Crippen LogP contribution in [0.15, 0.2) is 0 Å². The molecule has 2 atom stereocenters. The number of halogens is 3. The first kappa shape index (κ1) is 19.0. The highest BCUT2D eigenvalue weighted by Crippen LogP contribution is 2.47. The lowest BCUT2D eigenvalue weighted by molar-refractivity contribution is -0.151. The van der Waals surface area contributed by atoms with Gasteiger partial charge in [-0.15, -0.1) is 0 Å². The molecule has 2 amide bonds. The average molecular weight is 390 g/mol. The molecule has 0 bridgehead atoms. The minimum Gasteiger partial charge on any atom is -0.381 e. The zero-order valence-corrected chi connectivity index (χ0v) is 15.2. The predicted molar refractivity (Wildman–Crippen MR) is 88.3 cm³/mol. The standard InChI is InChI=1S/C18H25F3N2O4/c19-16(3-7-27-8-4-16)14(24)23-11-17(20)10-22(15(25)18(17,21)12-23)9-13-1-5-26-6-2-13/h13H,1-12H2/t17-,18-/m1/s1. The topological polar surface area (TPSA) is 59.1 Å². The number of hydrogen-bond donors (Lipinski definition) is 0. The first-order valence-corrected chi connectivity index (χ1v) is 9.58. The van der Waals surface area contributed by atoms with Crippen LogP contribution < -0.4 is 0 Å². The number of carbonyl (C=O) groups is 2. The summed E-state index contributed by atoms with van der Waals surface area (Å²) in [4.78, 5) is 27.3. The lowest BCUT2D eigenvalue weighted by Crippen LogP contribution is -2.51. The van der Waals surface area contributed by atoms with Crippen LogP contribution in [0.1, 0.15) is 25.7 Å². The number of hydrogen-bond acceptors (Lipinski definition) is 4. The molecule has 0 aromatic carbocycles. The molecule has 0 saturated carbocycles. The van der Waals surface area contributed by atoms with Crippen molar-refractivity contribution in [3.63, 3.8) is 0 Å². The van der Waals surface area contributed by atoms with Gasteiger partial charge >= 0.3 is 0 Å². The van der Waals surface area contributed by atoms with Crippen molar-refractivity contribution in [3.8, 4) is 0 Å². The molecule has 4 heterocycles. The fourth-order valence-corrected chi connectivity index (χ4v) is 4.67. The van der Waals surface area contributed by atoms with E-state index in [4.69, 9.17) is 9.47 Å². The Morgan fingerprint density at radius 3 is 2.26 bits per heavy atom. The minimum absolute atomic E-state index is 0.0927. The molecule has 0 aromatic rings. The molecule has 0 aromatic heterocycles. The molecule has 0 aliphatic carbocycles. The Labute approximate surface area is 155 Å². The molecule has 0 radical (unpaired) electrons. The first-order valence-electron chi connectivity index (χ1n) is 9.58. The molecule has 4 rings (SSSR count). The van der Waals surface area contributed by atoms with E-state index >= 15 is 8.78 Å². The van der Waals surface area contributed by atoms with E-state index in [0.717, 1.165) is 17.7 Å². The van der Waals surface area contributed by atoms with Crippen molar-refractivity contribution in [3.05, 3.63) is 0 Å². The molecule has 0 spiro atoms. The second kappa shape index (κ2) is 6.62. The van der Waals surface area contributed by atoms with Crippen molar-refractivity contribution in [1.82, 2.24) is 9.80 Å². The number of carbonyl (C=O) groups excluding carboxylic acids is 2. The van der Waals surface area contributed by atoms with Gasteiger partial charge in [0.15, 0.2) is 11.3 Å². The molecule has 0 unspecified atom stereocenters. The highest BCUT2D eigenvalue weighted by Gasteiger charge is 2.72. The smallest absolute Gasteiger partial charge is 0.265 e. The summed E-state index contributed by atoms with van der Waals surface area (Å²) in [5.41, 5.74) is -7.46. The van der Waals surface area contributed by atoms with Crippen LogP contribution in [0.25, 0.3) is 0 Å². The van der Waals surface area contributed by atoms with Crippen molar-refractivity contribution in [2.75, 3.05) is 52.6 Å². The Bertz CT molecular complexity index is 624. The lowest BCUT2D eigenvalue weighted by Gasteiger charge is -2.33. The van der Waals surface area contributed by atoms with E-state index in [9.17, 15) is 14.0 Å². The van der Waals surface area contributed by atoms with Crippen LogP contribution in [0.2, 0.25) is 0 Å². The number of ether oxygens (including phenoxy) is 2. The van der Waals surface area contributed by atoms with Crippen LogP contribution in [0.3, 0.4) is 0 Å². The van der Waals surface area contributed by atoms with Gasteiger partial charge in [0.25, 0.3) is 11.8 Å². The molecule has 27 heavy (non-hydrogen) atoms. The second-order valence-corrected chi connectivity index (χ2v) is 8.25. The number of alkyl halides is 3. The van der Waals surface area contributed by atoms with E-state index in [2.05, 4.69) is 0 Å². The molecule has 9 heteroatoms. The van der Waals surface area contributed by atoms with Gasteiger partial charge in [0.1, 0.15) is 0 Å². The molecular formula is C18H25F3N2O4. The SMILES string of the molecule is O=C(N1C[C@]2(F)CN(CC3CCOCC3)C(=O)[C@]2(F)C1)C1(F)CCOCC1. The van der Waals surface area contributed by atoms with E-state index in [1.807, 2.05) is 0 Å². The number of likely N-dealkylation sites (tertiary alicyclic amines) is 2. The number of nitrogens with zero attached hydrogens (tertiary/aromatic N) is 2. The second-order valence-electron chi connectivity index (χ2n) is 8.25. The first-order chi connectivity index (χ1) is 12.8. The van der Waals surface area contributed by atoms with E-state index in [1.54, 1.807) is 0 Å². The van der Waals surface area contributed by atoms with Crippen molar-refractivity contribution in [2.24, 2.45) is 5.92 Å². The lowest BCUT2D eigenvalue weighted by atomic mass is 9.93. The molecule has 152 valence electrons. The highest BCUT2D eigenvalue weighted by molar-refractivity contribution is 5.93. The van der Waals surface area contributed by atoms with Crippen molar-refractivity contribution in [2.45, 2.75) is 42.7 Å². The van der Waals surface area contributed by atoms with Crippen LogP contribution in [0, 0.1) is 5.92 Å². The van der Waals surface area contributed by atoms with Crippen LogP contribution in [0.5, 0.6) is 0 Å². The zero-order chi connectivity index (χ0) is 19.3. The normalized spacial score (nSPS) is 36.9. The fourth-order valence-electron chi connectivity index (χ4n) is 4.67. The maximum absolute atomic E-state index is 15.5. The van der Waals surface area contributed by atoms with E-state index in [0.29, 0.717) is 13.2 Å². The highest BCUT2D eigenvalue weighted by atomic mass is 19.2. The summed E-state index contributed by atoms with van der Waals surface area (Å²) in [7, 11) is 0. The maximum Gasteiger partial charge on any atom is 0.265 e. The van der Waals surface area contributed by atoms with Crippen molar-refractivity contribution in [1.29, 1.82) is 0 Å². The summed E-state index contributed by atoms with van der Waals surface area (Å²) in [5, 5.41) is 0.